The zero-order valence-corrected chi connectivity index (χ0v) is 12.6. The Morgan fingerprint density at radius 1 is 1.24 bits per heavy atom. The Hall–Kier alpha value is -1.21. The molecule has 0 saturated heterocycles. The Bertz CT molecular complexity index is 461. The summed E-state index contributed by atoms with van der Waals surface area (Å²) in [5.74, 6) is -0.123. The van der Waals surface area contributed by atoms with Crippen molar-refractivity contribution >= 4 is 7.12 Å². The third kappa shape index (κ3) is 6.39. The molecule has 0 heterocycles. The van der Waals surface area contributed by atoms with Gasteiger partial charge in [-0.3, -0.25) is 0 Å². The normalized spacial score (nSPS) is 12.6. The highest BCUT2D eigenvalue weighted by atomic mass is 19.4. The maximum absolute atomic E-state index is 12.2. The number of halogens is 3. The smallest absolute Gasteiger partial charge is 0.427 e. The van der Waals surface area contributed by atoms with Gasteiger partial charge in [-0.1, -0.05) is 26.0 Å². The quantitative estimate of drug-likeness (QED) is 0.816. The van der Waals surface area contributed by atoms with Crippen molar-refractivity contribution in [3.63, 3.8) is 0 Å². The van der Waals surface area contributed by atoms with E-state index in [1.807, 2.05) is 27.7 Å². The van der Waals surface area contributed by atoms with Gasteiger partial charge in [-0.15, -0.1) is 13.2 Å². The number of hydrogen-bond acceptors (Lipinski definition) is 3. The van der Waals surface area contributed by atoms with Gasteiger partial charge in [-0.25, -0.2) is 0 Å². The highest BCUT2D eigenvalue weighted by molar-refractivity contribution is 6.42. The highest BCUT2D eigenvalue weighted by Gasteiger charge is 2.32. The van der Waals surface area contributed by atoms with E-state index in [-0.39, 0.29) is 18.0 Å². The van der Waals surface area contributed by atoms with Gasteiger partial charge in [0.1, 0.15) is 5.75 Å². The van der Waals surface area contributed by atoms with Crippen LogP contribution >= 0.6 is 0 Å². The van der Waals surface area contributed by atoms with E-state index >= 15 is 0 Å². The minimum absolute atomic E-state index is 0.0885. The lowest BCUT2D eigenvalue weighted by Gasteiger charge is -2.31. The van der Waals surface area contributed by atoms with Gasteiger partial charge in [0.2, 0.25) is 0 Å². The monoisotopic (exact) mass is 304 g/mol. The molecule has 118 valence electrons. The molecular formula is C14H20BF3O3. The van der Waals surface area contributed by atoms with Crippen molar-refractivity contribution in [3.8, 4) is 5.75 Å². The molecule has 21 heavy (non-hydrogen) atoms. The number of rotatable bonds is 6. The topological polar surface area (TPSA) is 38.7 Å². The summed E-state index contributed by atoms with van der Waals surface area (Å²) in [6.45, 7) is 7.63. The van der Waals surface area contributed by atoms with Gasteiger partial charge >= 0.3 is 13.5 Å². The van der Waals surface area contributed by atoms with E-state index in [0.29, 0.717) is 5.56 Å². The molecule has 0 atom stereocenters. The molecule has 3 nitrogen and oxygen atoms in total. The lowest BCUT2D eigenvalue weighted by atomic mass is 9.78. The van der Waals surface area contributed by atoms with Gasteiger partial charge in [-0.05, 0) is 37.5 Å². The van der Waals surface area contributed by atoms with Crippen molar-refractivity contribution in [1.29, 1.82) is 0 Å². The minimum atomic E-state index is -4.73. The number of ether oxygens (including phenoxy) is 1. The fourth-order valence-electron chi connectivity index (χ4n) is 1.60. The molecule has 1 aromatic carbocycles. The Kier molecular flexibility index (Phi) is 5.70. The van der Waals surface area contributed by atoms with E-state index in [9.17, 15) is 18.2 Å². The van der Waals surface area contributed by atoms with Gasteiger partial charge < -0.3 is 14.4 Å². The summed E-state index contributed by atoms with van der Waals surface area (Å²) in [4.78, 5) is 0. The molecule has 0 amide bonds. The van der Waals surface area contributed by atoms with Crippen LogP contribution in [0.1, 0.15) is 33.3 Å². The third-order valence-electron chi connectivity index (χ3n) is 3.37. The Morgan fingerprint density at radius 3 is 2.38 bits per heavy atom. The van der Waals surface area contributed by atoms with Crippen LogP contribution in [0.15, 0.2) is 24.3 Å². The summed E-state index contributed by atoms with van der Waals surface area (Å²) in [6, 6.07) is 5.50. The molecule has 1 N–H and O–H groups in total. The van der Waals surface area contributed by atoms with Crippen LogP contribution in [0.2, 0.25) is 0 Å². The van der Waals surface area contributed by atoms with Crippen molar-refractivity contribution < 1.29 is 27.6 Å². The molecule has 0 spiro atoms. The van der Waals surface area contributed by atoms with Crippen LogP contribution in [0.3, 0.4) is 0 Å². The van der Waals surface area contributed by atoms with E-state index in [2.05, 4.69) is 4.74 Å². The van der Waals surface area contributed by atoms with Crippen LogP contribution < -0.4 is 4.74 Å². The second-order valence-corrected chi connectivity index (χ2v) is 5.73. The second-order valence-electron chi connectivity index (χ2n) is 5.73. The molecule has 0 fully saturated rings. The predicted octanol–water partition coefficient (Wildman–Crippen LogP) is 3.60. The predicted molar refractivity (Wildman–Crippen MR) is 74.8 cm³/mol. The van der Waals surface area contributed by atoms with Gasteiger partial charge in [0.05, 0.1) is 5.60 Å². The highest BCUT2D eigenvalue weighted by Crippen LogP contribution is 2.25. The molecule has 0 radical (unpaired) electrons. The maximum Gasteiger partial charge on any atom is 0.573 e. The first-order chi connectivity index (χ1) is 9.49. The first kappa shape index (κ1) is 17.8. The first-order valence-electron chi connectivity index (χ1n) is 6.70. The fourth-order valence-corrected chi connectivity index (χ4v) is 1.60. The maximum atomic E-state index is 12.2. The summed E-state index contributed by atoms with van der Waals surface area (Å²) in [5, 5.41) is 9.93. The lowest BCUT2D eigenvalue weighted by Crippen LogP contribution is -2.39. The Morgan fingerprint density at radius 2 is 1.86 bits per heavy atom. The van der Waals surface area contributed by atoms with E-state index in [0.717, 1.165) is 0 Å². The molecule has 0 saturated carbocycles. The van der Waals surface area contributed by atoms with Crippen molar-refractivity contribution in [2.75, 3.05) is 0 Å². The van der Waals surface area contributed by atoms with E-state index in [1.165, 1.54) is 18.2 Å². The second kappa shape index (κ2) is 6.70. The van der Waals surface area contributed by atoms with Gasteiger partial charge in [0, 0.05) is 6.32 Å². The van der Waals surface area contributed by atoms with Crippen LogP contribution in [0.5, 0.6) is 5.75 Å². The van der Waals surface area contributed by atoms with Crippen LogP contribution in [-0.2, 0) is 11.0 Å². The SMILES string of the molecule is CC(C)C(C)(C)OB(O)Cc1cccc(OC(F)(F)F)c1. The zero-order valence-electron chi connectivity index (χ0n) is 12.6. The average Bonchev–Trinajstić information content (AvgIpc) is 2.25. The largest absolute Gasteiger partial charge is 0.573 e. The van der Waals surface area contributed by atoms with Gasteiger partial charge in [0.15, 0.2) is 0 Å². The van der Waals surface area contributed by atoms with E-state index in [4.69, 9.17) is 4.65 Å². The summed E-state index contributed by atoms with van der Waals surface area (Å²) < 4.78 is 45.8. The van der Waals surface area contributed by atoms with Crippen LogP contribution in [0.4, 0.5) is 13.2 Å². The van der Waals surface area contributed by atoms with Gasteiger partial charge in [-0.2, -0.15) is 0 Å². The summed E-state index contributed by atoms with van der Waals surface area (Å²) in [6.07, 6.45) is -4.64. The van der Waals surface area contributed by atoms with Crippen LogP contribution in [0, 0.1) is 5.92 Å². The average molecular weight is 304 g/mol. The summed E-state index contributed by atoms with van der Waals surface area (Å²) in [7, 11) is -1.09. The summed E-state index contributed by atoms with van der Waals surface area (Å²) in [5.41, 5.74) is -0.0248. The molecule has 0 unspecified atom stereocenters. The van der Waals surface area contributed by atoms with Crippen molar-refractivity contribution in [2.24, 2.45) is 5.92 Å². The molecule has 0 aliphatic carbocycles. The molecular weight excluding hydrogens is 284 g/mol. The molecule has 0 aliphatic heterocycles. The first-order valence-corrected chi connectivity index (χ1v) is 6.70. The fraction of sp³-hybridized carbons (Fsp3) is 0.571. The molecule has 0 aliphatic rings. The molecule has 0 aromatic heterocycles. The Balaban J connectivity index is 2.69. The van der Waals surface area contributed by atoms with Crippen molar-refractivity contribution in [3.05, 3.63) is 29.8 Å². The van der Waals surface area contributed by atoms with E-state index < -0.39 is 19.1 Å². The van der Waals surface area contributed by atoms with Crippen LogP contribution in [0.25, 0.3) is 0 Å². The number of benzene rings is 1. The van der Waals surface area contributed by atoms with Crippen molar-refractivity contribution in [1.82, 2.24) is 0 Å². The minimum Gasteiger partial charge on any atom is -0.427 e. The molecule has 1 rings (SSSR count). The molecule has 7 heteroatoms. The van der Waals surface area contributed by atoms with Crippen LogP contribution in [-0.4, -0.2) is 24.1 Å². The van der Waals surface area contributed by atoms with Gasteiger partial charge in [0.25, 0.3) is 0 Å². The van der Waals surface area contributed by atoms with E-state index in [1.54, 1.807) is 6.07 Å². The number of hydrogen-bond donors (Lipinski definition) is 1. The standard InChI is InChI=1S/C14H20BF3O3/c1-10(2)13(3,4)21-15(19)9-11-6-5-7-12(8-11)20-14(16,17)18/h5-8,10,19H,9H2,1-4H3. The van der Waals surface area contributed by atoms with Crippen molar-refractivity contribution in [2.45, 2.75) is 46.0 Å². The molecule has 1 aromatic rings. The Labute approximate surface area is 123 Å². The third-order valence-corrected chi connectivity index (χ3v) is 3.37. The zero-order chi connectivity index (χ0) is 16.3. The summed E-state index contributed by atoms with van der Waals surface area (Å²) >= 11 is 0. The lowest BCUT2D eigenvalue weighted by molar-refractivity contribution is -0.274. The molecule has 0 bridgehead atoms. The number of alkyl halides is 3.